The van der Waals surface area contributed by atoms with Crippen LogP contribution in [0.5, 0.6) is 5.75 Å². The Labute approximate surface area is 75.6 Å². The summed E-state index contributed by atoms with van der Waals surface area (Å²) in [5.74, 6) is -0.613. The van der Waals surface area contributed by atoms with Gasteiger partial charge in [-0.15, -0.1) is 0 Å². The van der Waals surface area contributed by atoms with Crippen molar-refractivity contribution in [3.8, 4) is 5.75 Å². The summed E-state index contributed by atoms with van der Waals surface area (Å²) in [6.07, 6.45) is 0. The van der Waals surface area contributed by atoms with Gasteiger partial charge in [0.05, 0.1) is 0 Å². The molecule has 0 fully saturated rings. The Bertz CT molecular complexity index is 390. The fourth-order valence-electron chi connectivity index (χ4n) is 0.687. The number of benzene rings is 1. The first-order chi connectivity index (χ1) is 6.03. The minimum Gasteiger partial charge on any atom is -0.371 e. The molecule has 1 aromatic carbocycles. The van der Waals surface area contributed by atoms with Crippen LogP contribution in [-0.4, -0.2) is 15.5 Å². The molecule has 1 N–H and O–H groups in total. The van der Waals surface area contributed by atoms with Crippen LogP contribution in [0.1, 0.15) is 0 Å². The van der Waals surface area contributed by atoms with Crippen molar-refractivity contribution in [1.82, 2.24) is 4.72 Å². The van der Waals surface area contributed by atoms with Crippen molar-refractivity contribution in [2.75, 3.05) is 7.05 Å². The van der Waals surface area contributed by atoms with Gasteiger partial charge in [-0.2, -0.15) is 13.1 Å². The van der Waals surface area contributed by atoms with E-state index in [-0.39, 0.29) is 5.75 Å². The van der Waals surface area contributed by atoms with Gasteiger partial charge in [0, 0.05) is 13.1 Å². The fraction of sp³-hybridized carbons (Fsp3) is 0.143. The first-order valence-electron chi connectivity index (χ1n) is 3.42. The summed E-state index contributed by atoms with van der Waals surface area (Å²) in [7, 11) is -2.60. The minimum absolute atomic E-state index is 0.0608. The Hall–Kier alpha value is -1.14. The van der Waals surface area contributed by atoms with Gasteiger partial charge in [0.15, 0.2) is 0 Å². The van der Waals surface area contributed by atoms with E-state index < -0.39 is 16.1 Å². The third-order valence-corrected chi connectivity index (χ3v) is 2.16. The van der Waals surface area contributed by atoms with Crippen LogP contribution in [0.4, 0.5) is 4.39 Å². The van der Waals surface area contributed by atoms with Gasteiger partial charge in [-0.05, 0) is 12.1 Å². The second-order valence-electron chi connectivity index (χ2n) is 2.20. The summed E-state index contributed by atoms with van der Waals surface area (Å²) in [4.78, 5) is 0. The predicted molar refractivity (Wildman–Crippen MR) is 45.0 cm³/mol. The van der Waals surface area contributed by atoms with Crippen molar-refractivity contribution >= 4 is 10.3 Å². The van der Waals surface area contributed by atoms with E-state index in [0.717, 1.165) is 6.07 Å². The summed E-state index contributed by atoms with van der Waals surface area (Å²) in [6, 6.07) is 4.88. The Morgan fingerprint density at radius 3 is 2.69 bits per heavy atom. The molecule has 0 spiro atoms. The standard InChI is InChI=1S/C7H8FNO3S/c1-9-13(10,11)12-7-4-2-3-6(8)5-7/h2-5,9H,1H3. The monoisotopic (exact) mass is 205 g/mol. The summed E-state index contributed by atoms with van der Waals surface area (Å²) < 4.78 is 40.6. The molecular formula is C7H8FNO3S. The maximum Gasteiger partial charge on any atom is 0.382 e. The topological polar surface area (TPSA) is 55.4 Å². The van der Waals surface area contributed by atoms with Crippen molar-refractivity contribution < 1.29 is 17.0 Å². The predicted octanol–water partition coefficient (Wildman–Crippen LogP) is 0.669. The quantitative estimate of drug-likeness (QED) is 0.789. The van der Waals surface area contributed by atoms with Gasteiger partial charge < -0.3 is 4.18 Å². The molecule has 0 aliphatic carbocycles. The molecule has 0 radical (unpaired) electrons. The molecule has 0 bridgehead atoms. The van der Waals surface area contributed by atoms with E-state index in [1.54, 1.807) is 0 Å². The van der Waals surface area contributed by atoms with Gasteiger partial charge >= 0.3 is 10.3 Å². The molecule has 0 saturated heterocycles. The Balaban J connectivity index is 2.87. The van der Waals surface area contributed by atoms with Gasteiger partial charge in [-0.1, -0.05) is 6.07 Å². The maximum absolute atomic E-state index is 12.6. The molecule has 0 atom stereocenters. The third kappa shape index (κ3) is 3.00. The number of halogens is 1. The molecule has 1 aromatic rings. The van der Waals surface area contributed by atoms with E-state index in [2.05, 4.69) is 4.18 Å². The van der Waals surface area contributed by atoms with Crippen molar-refractivity contribution in [2.24, 2.45) is 0 Å². The number of rotatable bonds is 3. The van der Waals surface area contributed by atoms with Crippen molar-refractivity contribution in [3.05, 3.63) is 30.1 Å². The van der Waals surface area contributed by atoms with Crippen LogP contribution in [0.15, 0.2) is 24.3 Å². The molecule has 0 saturated carbocycles. The molecule has 13 heavy (non-hydrogen) atoms. The van der Waals surface area contributed by atoms with Crippen molar-refractivity contribution in [2.45, 2.75) is 0 Å². The van der Waals surface area contributed by atoms with Crippen LogP contribution in [0.25, 0.3) is 0 Å². The highest BCUT2D eigenvalue weighted by Crippen LogP contribution is 2.13. The highest BCUT2D eigenvalue weighted by atomic mass is 32.2. The lowest BCUT2D eigenvalue weighted by Crippen LogP contribution is -2.24. The first-order valence-corrected chi connectivity index (χ1v) is 4.83. The summed E-state index contributed by atoms with van der Waals surface area (Å²) in [5, 5.41) is 0. The molecule has 72 valence electrons. The number of hydrogen-bond acceptors (Lipinski definition) is 3. The smallest absolute Gasteiger partial charge is 0.371 e. The molecule has 6 heteroatoms. The second kappa shape index (κ2) is 3.71. The highest BCUT2D eigenvalue weighted by Gasteiger charge is 2.08. The van der Waals surface area contributed by atoms with Crippen LogP contribution in [0, 0.1) is 5.82 Å². The fourth-order valence-corrected chi connectivity index (χ4v) is 1.13. The van der Waals surface area contributed by atoms with E-state index in [1.807, 2.05) is 4.72 Å². The molecular weight excluding hydrogens is 197 g/mol. The van der Waals surface area contributed by atoms with E-state index in [1.165, 1.54) is 25.2 Å². The molecule has 0 amide bonds. The van der Waals surface area contributed by atoms with Gasteiger partial charge in [-0.25, -0.2) is 4.39 Å². The third-order valence-electron chi connectivity index (χ3n) is 1.25. The molecule has 1 rings (SSSR count). The van der Waals surface area contributed by atoms with Crippen molar-refractivity contribution in [3.63, 3.8) is 0 Å². The largest absolute Gasteiger partial charge is 0.382 e. The van der Waals surface area contributed by atoms with E-state index >= 15 is 0 Å². The molecule has 0 aromatic heterocycles. The molecule has 4 nitrogen and oxygen atoms in total. The SMILES string of the molecule is CNS(=O)(=O)Oc1cccc(F)c1. The molecule has 0 heterocycles. The number of hydrogen-bond donors (Lipinski definition) is 1. The van der Waals surface area contributed by atoms with Gasteiger partial charge in [0.1, 0.15) is 11.6 Å². The van der Waals surface area contributed by atoms with E-state index in [9.17, 15) is 12.8 Å². The lowest BCUT2D eigenvalue weighted by molar-refractivity contribution is 0.474. The molecule has 0 unspecified atom stereocenters. The van der Waals surface area contributed by atoms with Gasteiger partial charge in [0.25, 0.3) is 0 Å². The Kier molecular flexibility index (Phi) is 2.84. The van der Waals surface area contributed by atoms with Gasteiger partial charge in [0.2, 0.25) is 0 Å². The highest BCUT2D eigenvalue weighted by molar-refractivity contribution is 7.85. The lowest BCUT2D eigenvalue weighted by Gasteiger charge is -2.04. The molecule has 0 aliphatic heterocycles. The minimum atomic E-state index is -3.81. The maximum atomic E-state index is 12.6. The van der Waals surface area contributed by atoms with E-state index in [4.69, 9.17) is 0 Å². The van der Waals surface area contributed by atoms with Crippen LogP contribution in [0.3, 0.4) is 0 Å². The zero-order valence-electron chi connectivity index (χ0n) is 6.82. The molecule has 0 aliphatic rings. The average Bonchev–Trinajstić information content (AvgIpc) is 2.03. The summed E-state index contributed by atoms with van der Waals surface area (Å²) in [6.45, 7) is 0. The summed E-state index contributed by atoms with van der Waals surface area (Å²) in [5.41, 5.74) is 0. The Morgan fingerprint density at radius 1 is 1.46 bits per heavy atom. The Morgan fingerprint density at radius 2 is 2.15 bits per heavy atom. The van der Waals surface area contributed by atoms with E-state index in [0.29, 0.717) is 0 Å². The van der Waals surface area contributed by atoms with Crippen LogP contribution >= 0.6 is 0 Å². The zero-order chi connectivity index (χ0) is 9.90. The second-order valence-corrected chi connectivity index (χ2v) is 3.68. The van der Waals surface area contributed by atoms with Crippen LogP contribution < -0.4 is 8.91 Å². The normalized spacial score (nSPS) is 11.2. The lowest BCUT2D eigenvalue weighted by atomic mass is 10.3. The van der Waals surface area contributed by atoms with Crippen molar-refractivity contribution in [1.29, 1.82) is 0 Å². The first kappa shape index (κ1) is 9.94. The summed E-state index contributed by atoms with van der Waals surface area (Å²) >= 11 is 0. The van der Waals surface area contributed by atoms with Gasteiger partial charge in [-0.3, -0.25) is 0 Å². The van der Waals surface area contributed by atoms with Crippen LogP contribution in [0.2, 0.25) is 0 Å². The zero-order valence-corrected chi connectivity index (χ0v) is 7.64. The van der Waals surface area contributed by atoms with Crippen LogP contribution in [-0.2, 0) is 10.3 Å². The number of nitrogens with one attached hydrogen (secondary N) is 1. The average molecular weight is 205 g/mol.